The lowest BCUT2D eigenvalue weighted by molar-refractivity contribution is 0.0595. The Labute approximate surface area is 123 Å². The van der Waals surface area contributed by atoms with E-state index >= 15 is 0 Å². The van der Waals surface area contributed by atoms with Crippen LogP contribution < -0.4 is 4.74 Å². The van der Waals surface area contributed by atoms with Gasteiger partial charge in [0.15, 0.2) is 5.76 Å². The van der Waals surface area contributed by atoms with Crippen molar-refractivity contribution in [2.45, 2.75) is 6.61 Å². The number of esters is 1. The molecule has 100 valence electrons. The van der Waals surface area contributed by atoms with Crippen molar-refractivity contribution in [2.24, 2.45) is 0 Å². The summed E-state index contributed by atoms with van der Waals surface area (Å²) in [7, 11) is 1.31. The molecule has 0 saturated carbocycles. The summed E-state index contributed by atoms with van der Waals surface area (Å²) in [6, 6.07) is 6.80. The van der Waals surface area contributed by atoms with Crippen molar-refractivity contribution in [3.8, 4) is 5.75 Å². The second-order valence-corrected chi connectivity index (χ2v) is 4.94. The highest BCUT2D eigenvalue weighted by molar-refractivity contribution is 9.10. The maximum absolute atomic E-state index is 11.4. The van der Waals surface area contributed by atoms with E-state index in [1.54, 1.807) is 12.1 Å². The summed E-state index contributed by atoms with van der Waals surface area (Å²) in [5, 5.41) is 0.473. The standard InChI is InChI=1S/C13H10BrClO4/c1-17-13(16)9-4-5-18-12(9)7-19-11-3-2-8(14)6-10(11)15/h2-6H,7H2,1H3. The molecule has 2 rings (SSSR count). The van der Waals surface area contributed by atoms with E-state index in [1.807, 2.05) is 6.07 Å². The molecular formula is C13H10BrClO4. The molecule has 0 aliphatic rings. The van der Waals surface area contributed by atoms with Crippen molar-refractivity contribution >= 4 is 33.5 Å². The molecule has 0 unspecified atom stereocenters. The first-order valence-electron chi connectivity index (χ1n) is 5.34. The fraction of sp³-hybridized carbons (Fsp3) is 0.154. The first kappa shape index (κ1) is 14.0. The molecule has 19 heavy (non-hydrogen) atoms. The molecule has 6 heteroatoms. The van der Waals surface area contributed by atoms with Crippen molar-refractivity contribution < 1.29 is 18.7 Å². The number of hydrogen-bond acceptors (Lipinski definition) is 4. The van der Waals surface area contributed by atoms with Crippen LogP contribution in [-0.4, -0.2) is 13.1 Å². The van der Waals surface area contributed by atoms with Gasteiger partial charge in [-0.2, -0.15) is 0 Å². The number of furan rings is 1. The van der Waals surface area contributed by atoms with E-state index < -0.39 is 5.97 Å². The maximum Gasteiger partial charge on any atom is 0.341 e. The Morgan fingerprint density at radius 3 is 2.89 bits per heavy atom. The third-order valence-electron chi connectivity index (χ3n) is 2.40. The van der Waals surface area contributed by atoms with Crippen LogP contribution >= 0.6 is 27.5 Å². The maximum atomic E-state index is 11.4. The highest BCUT2D eigenvalue weighted by Gasteiger charge is 2.15. The number of carbonyl (C=O) groups is 1. The molecule has 0 fully saturated rings. The summed E-state index contributed by atoms with van der Waals surface area (Å²) in [6.45, 7) is 0.0960. The van der Waals surface area contributed by atoms with Gasteiger partial charge in [0.1, 0.15) is 17.9 Å². The van der Waals surface area contributed by atoms with E-state index in [-0.39, 0.29) is 6.61 Å². The Balaban J connectivity index is 2.10. The fourth-order valence-electron chi connectivity index (χ4n) is 1.48. The van der Waals surface area contributed by atoms with Gasteiger partial charge < -0.3 is 13.9 Å². The van der Waals surface area contributed by atoms with Crippen molar-refractivity contribution in [3.05, 3.63) is 51.3 Å². The van der Waals surface area contributed by atoms with Crippen LogP contribution in [0.5, 0.6) is 5.75 Å². The zero-order chi connectivity index (χ0) is 13.8. The van der Waals surface area contributed by atoms with Gasteiger partial charge in [0, 0.05) is 4.47 Å². The third-order valence-corrected chi connectivity index (χ3v) is 3.19. The molecule has 0 amide bonds. The molecule has 0 spiro atoms. The van der Waals surface area contributed by atoms with Crippen LogP contribution in [0.25, 0.3) is 0 Å². The first-order valence-corrected chi connectivity index (χ1v) is 6.51. The minimum Gasteiger partial charge on any atom is -0.484 e. The van der Waals surface area contributed by atoms with Gasteiger partial charge in [0.2, 0.25) is 0 Å². The molecular weight excluding hydrogens is 335 g/mol. The van der Waals surface area contributed by atoms with Gasteiger partial charge in [0.05, 0.1) is 18.4 Å². The zero-order valence-electron chi connectivity index (χ0n) is 9.98. The summed E-state index contributed by atoms with van der Waals surface area (Å²) in [5.41, 5.74) is 0.343. The number of rotatable bonds is 4. The summed E-state index contributed by atoms with van der Waals surface area (Å²) in [6.07, 6.45) is 1.41. The van der Waals surface area contributed by atoms with E-state index in [0.29, 0.717) is 22.1 Å². The van der Waals surface area contributed by atoms with Gasteiger partial charge in [-0.3, -0.25) is 0 Å². The summed E-state index contributed by atoms with van der Waals surface area (Å²) >= 11 is 9.33. The Hall–Kier alpha value is -1.46. The summed E-state index contributed by atoms with van der Waals surface area (Å²) in [4.78, 5) is 11.4. The molecule has 0 saturated heterocycles. The minimum absolute atomic E-state index is 0.0960. The normalized spacial score (nSPS) is 10.3. The second kappa shape index (κ2) is 6.12. The van der Waals surface area contributed by atoms with Gasteiger partial charge in [-0.1, -0.05) is 27.5 Å². The van der Waals surface area contributed by atoms with E-state index in [1.165, 1.54) is 19.4 Å². The lowest BCUT2D eigenvalue weighted by atomic mass is 10.2. The van der Waals surface area contributed by atoms with Crippen molar-refractivity contribution in [2.75, 3.05) is 7.11 Å². The van der Waals surface area contributed by atoms with Crippen LogP contribution in [0.4, 0.5) is 0 Å². The number of halogens is 2. The second-order valence-electron chi connectivity index (χ2n) is 3.61. The van der Waals surface area contributed by atoms with Crippen LogP contribution in [0.1, 0.15) is 16.1 Å². The largest absolute Gasteiger partial charge is 0.484 e. The fourth-order valence-corrected chi connectivity index (χ4v) is 2.21. The highest BCUT2D eigenvalue weighted by Crippen LogP contribution is 2.28. The summed E-state index contributed by atoms with van der Waals surface area (Å²) < 4.78 is 16.2. The van der Waals surface area contributed by atoms with Gasteiger partial charge in [-0.25, -0.2) is 4.79 Å². The molecule has 0 atom stereocenters. The van der Waals surface area contributed by atoms with Crippen LogP contribution in [-0.2, 0) is 11.3 Å². The molecule has 0 aliphatic heterocycles. The Morgan fingerprint density at radius 1 is 1.42 bits per heavy atom. The highest BCUT2D eigenvalue weighted by atomic mass is 79.9. The van der Waals surface area contributed by atoms with Gasteiger partial charge >= 0.3 is 5.97 Å². The average Bonchev–Trinajstić information content (AvgIpc) is 2.85. The van der Waals surface area contributed by atoms with E-state index in [9.17, 15) is 4.79 Å². The van der Waals surface area contributed by atoms with Crippen molar-refractivity contribution in [3.63, 3.8) is 0 Å². The van der Waals surface area contributed by atoms with Gasteiger partial charge in [-0.05, 0) is 24.3 Å². The number of methoxy groups -OCH3 is 1. The average molecular weight is 346 g/mol. The van der Waals surface area contributed by atoms with Crippen molar-refractivity contribution in [1.82, 2.24) is 0 Å². The number of benzene rings is 1. The predicted octanol–water partition coefficient (Wildman–Crippen LogP) is 4.06. The number of hydrogen-bond donors (Lipinski definition) is 0. The Bertz CT molecular complexity index is 594. The molecule has 4 nitrogen and oxygen atoms in total. The summed E-state index contributed by atoms with van der Waals surface area (Å²) in [5.74, 6) is 0.442. The SMILES string of the molecule is COC(=O)c1ccoc1COc1ccc(Br)cc1Cl. The Kier molecular flexibility index (Phi) is 4.50. The Morgan fingerprint density at radius 2 is 2.21 bits per heavy atom. The van der Waals surface area contributed by atoms with E-state index in [2.05, 4.69) is 20.7 Å². The minimum atomic E-state index is -0.464. The molecule has 0 N–H and O–H groups in total. The monoisotopic (exact) mass is 344 g/mol. The van der Waals surface area contributed by atoms with E-state index in [0.717, 1.165) is 4.47 Å². The molecule has 1 aromatic heterocycles. The lowest BCUT2D eigenvalue weighted by Crippen LogP contribution is -2.05. The topological polar surface area (TPSA) is 48.7 Å². The van der Waals surface area contributed by atoms with Crippen LogP contribution in [0.3, 0.4) is 0 Å². The van der Waals surface area contributed by atoms with Gasteiger partial charge in [-0.15, -0.1) is 0 Å². The molecule has 1 aromatic carbocycles. The molecule has 2 aromatic rings. The smallest absolute Gasteiger partial charge is 0.341 e. The molecule has 1 heterocycles. The predicted molar refractivity (Wildman–Crippen MR) is 73.5 cm³/mol. The number of ether oxygens (including phenoxy) is 2. The number of carbonyl (C=O) groups excluding carboxylic acids is 1. The molecule has 0 bridgehead atoms. The van der Waals surface area contributed by atoms with Crippen LogP contribution in [0.2, 0.25) is 5.02 Å². The van der Waals surface area contributed by atoms with Crippen LogP contribution in [0.15, 0.2) is 39.4 Å². The van der Waals surface area contributed by atoms with Gasteiger partial charge in [0.25, 0.3) is 0 Å². The van der Waals surface area contributed by atoms with Crippen LogP contribution in [0, 0.1) is 0 Å². The molecule has 0 radical (unpaired) electrons. The molecule has 0 aliphatic carbocycles. The first-order chi connectivity index (χ1) is 9.11. The lowest BCUT2D eigenvalue weighted by Gasteiger charge is -2.07. The van der Waals surface area contributed by atoms with E-state index in [4.69, 9.17) is 20.8 Å². The quantitative estimate of drug-likeness (QED) is 0.784. The zero-order valence-corrected chi connectivity index (χ0v) is 12.3. The van der Waals surface area contributed by atoms with Crippen molar-refractivity contribution in [1.29, 1.82) is 0 Å². The third kappa shape index (κ3) is 3.30.